The first kappa shape index (κ1) is 7.43. The summed E-state index contributed by atoms with van der Waals surface area (Å²) < 4.78 is 0. The summed E-state index contributed by atoms with van der Waals surface area (Å²) in [7, 11) is 0. The highest BCUT2D eigenvalue weighted by Gasteiger charge is 2.04. The molecule has 0 aliphatic carbocycles. The molecular formula is C5H10O3. The maximum atomic E-state index is 9.81. The number of rotatable bonds is 3. The van der Waals surface area contributed by atoms with E-state index in [4.69, 9.17) is 10.2 Å². The van der Waals surface area contributed by atoms with Crippen LogP contribution in [-0.4, -0.2) is 22.3 Å². The number of aliphatic carboxylic acids is 1. The molecule has 0 saturated heterocycles. The van der Waals surface area contributed by atoms with Gasteiger partial charge >= 0.3 is 5.97 Å². The average Bonchev–Trinajstić information content (AvgIpc) is 1.65. The molecule has 0 aromatic carbocycles. The molecule has 0 aromatic heterocycles. The zero-order valence-corrected chi connectivity index (χ0v) is 4.79. The highest BCUT2D eigenvalue weighted by molar-refractivity contribution is 5.67. The van der Waals surface area contributed by atoms with Gasteiger partial charge in [-0.2, -0.15) is 0 Å². The molecule has 0 aliphatic rings. The molecule has 0 radical (unpaired) electrons. The zero-order valence-electron chi connectivity index (χ0n) is 4.79. The summed E-state index contributed by atoms with van der Waals surface area (Å²) in [5.41, 5.74) is 0. The Labute approximate surface area is 47.9 Å². The SMILES string of the molecule is CCC(O)CC(=O)O. The fourth-order valence-electron chi connectivity index (χ4n) is 0.346. The Morgan fingerprint density at radius 3 is 2.38 bits per heavy atom. The molecule has 3 nitrogen and oxygen atoms in total. The third-order valence-corrected chi connectivity index (χ3v) is 0.881. The van der Waals surface area contributed by atoms with Gasteiger partial charge in [0.15, 0.2) is 0 Å². The van der Waals surface area contributed by atoms with Gasteiger partial charge in [0.2, 0.25) is 0 Å². The van der Waals surface area contributed by atoms with E-state index in [9.17, 15) is 4.79 Å². The minimum atomic E-state index is -0.945. The van der Waals surface area contributed by atoms with E-state index in [-0.39, 0.29) is 6.42 Å². The van der Waals surface area contributed by atoms with E-state index in [1.54, 1.807) is 6.92 Å². The molecule has 0 heterocycles. The molecule has 2 N–H and O–H groups in total. The molecule has 0 bridgehead atoms. The Balaban J connectivity index is 3.24. The summed E-state index contributed by atoms with van der Waals surface area (Å²) in [5, 5.41) is 16.7. The van der Waals surface area contributed by atoms with Crippen LogP contribution in [0.2, 0.25) is 0 Å². The minimum absolute atomic E-state index is 0.142. The smallest absolute Gasteiger partial charge is 0.305 e. The predicted octanol–water partition coefficient (Wildman–Crippen LogP) is 0.232. The first-order chi connectivity index (χ1) is 3.66. The maximum absolute atomic E-state index is 9.81. The predicted molar refractivity (Wildman–Crippen MR) is 28.6 cm³/mol. The molecular weight excluding hydrogens is 108 g/mol. The molecule has 1 unspecified atom stereocenters. The number of aliphatic hydroxyl groups excluding tert-OH is 1. The standard InChI is InChI=1S/C5H10O3/c1-2-4(6)3-5(7)8/h4,6H,2-3H2,1H3,(H,7,8). The van der Waals surface area contributed by atoms with Gasteiger partial charge in [0.05, 0.1) is 12.5 Å². The van der Waals surface area contributed by atoms with E-state index in [0.29, 0.717) is 6.42 Å². The van der Waals surface area contributed by atoms with Gasteiger partial charge in [0.1, 0.15) is 0 Å². The first-order valence-electron chi connectivity index (χ1n) is 2.56. The molecule has 0 spiro atoms. The van der Waals surface area contributed by atoms with Crippen LogP contribution in [-0.2, 0) is 4.79 Å². The number of aliphatic hydroxyl groups is 1. The normalized spacial score (nSPS) is 13.2. The molecule has 48 valence electrons. The highest BCUT2D eigenvalue weighted by atomic mass is 16.4. The van der Waals surface area contributed by atoms with Gasteiger partial charge in [0, 0.05) is 0 Å². The van der Waals surface area contributed by atoms with E-state index in [1.165, 1.54) is 0 Å². The fourth-order valence-corrected chi connectivity index (χ4v) is 0.346. The second-order valence-electron chi connectivity index (χ2n) is 1.66. The maximum Gasteiger partial charge on any atom is 0.305 e. The van der Waals surface area contributed by atoms with E-state index in [1.807, 2.05) is 0 Å². The highest BCUT2D eigenvalue weighted by Crippen LogP contribution is 1.94. The topological polar surface area (TPSA) is 57.5 Å². The van der Waals surface area contributed by atoms with Crippen LogP contribution in [0.3, 0.4) is 0 Å². The summed E-state index contributed by atoms with van der Waals surface area (Å²) >= 11 is 0. The van der Waals surface area contributed by atoms with Crippen molar-refractivity contribution >= 4 is 5.97 Å². The largest absolute Gasteiger partial charge is 0.481 e. The number of hydrogen-bond acceptors (Lipinski definition) is 2. The van der Waals surface area contributed by atoms with Crippen LogP contribution in [0.15, 0.2) is 0 Å². The molecule has 0 aromatic rings. The van der Waals surface area contributed by atoms with Gasteiger partial charge in [-0.25, -0.2) is 0 Å². The molecule has 0 fully saturated rings. The van der Waals surface area contributed by atoms with Gasteiger partial charge in [-0.05, 0) is 6.42 Å². The third-order valence-electron chi connectivity index (χ3n) is 0.881. The summed E-state index contributed by atoms with van der Waals surface area (Å²) in [6.07, 6.45) is -0.310. The fraction of sp³-hybridized carbons (Fsp3) is 0.800. The van der Waals surface area contributed by atoms with Gasteiger partial charge in [-0.15, -0.1) is 0 Å². The molecule has 0 saturated carbocycles. The Bertz CT molecular complexity index is 79.7. The molecule has 8 heavy (non-hydrogen) atoms. The van der Waals surface area contributed by atoms with Crippen LogP contribution < -0.4 is 0 Å². The van der Waals surface area contributed by atoms with Gasteiger partial charge < -0.3 is 10.2 Å². The summed E-state index contributed by atoms with van der Waals surface area (Å²) in [6, 6.07) is 0. The number of carboxylic acids is 1. The van der Waals surface area contributed by atoms with Gasteiger partial charge in [-0.1, -0.05) is 6.92 Å². The van der Waals surface area contributed by atoms with Crippen LogP contribution in [0.5, 0.6) is 0 Å². The quantitative estimate of drug-likeness (QED) is 0.557. The monoisotopic (exact) mass is 118 g/mol. The van der Waals surface area contributed by atoms with Crippen molar-refractivity contribution in [1.82, 2.24) is 0 Å². The number of hydrogen-bond donors (Lipinski definition) is 2. The van der Waals surface area contributed by atoms with E-state index in [0.717, 1.165) is 0 Å². The molecule has 0 aliphatic heterocycles. The van der Waals surface area contributed by atoms with Crippen molar-refractivity contribution in [2.45, 2.75) is 25.9 Å². The average molecular weight is 118 g/mol. The van der Waals surface area contributed by atoms with E-state index >= 15 is 0 Å². The van der Waals surface area contributed by atoms with Crippen molar-refractivity contribution in [2.24, 2.45) is 0 Å². The van der Waals surface area contributed by atoms with Crippen molar-refractivity contribution in [3.63, 3.8) is 0 Å². The Kier molecular flexibility index (Phi) is 3.19. The van der Waals surface area contributed by atoms with Gasteiger partial charge in [0.25, 0.3) is 0 Å². The van der Waals surface area contributed by atoms with Crippen molar-refractivity contribution in [3.8, 4) is 0 Å². The molecule has 3 heteroatoms. The van der Waals surface area contributed by atoms with Crippen molar-refractivity contribution < 1.29 is 15.0 Å². The van der Waals surface area contributed by atoms with Crippen LogP contribution in [0.4, 0.5) is 0 Å². The molecule has 0 rings (SSSR count). The van der Waals surface area contributed by atoms with Crippen LogP contribution in [0, 0.1) is 0 Å². The summed E-state index contributed by atoms with van der Waals surface area (Å²) in [4.78, 5) is 9.81. The Hall–Kier alpha value is -0.570. The second kappa shape index (κ2) is 3.43. The second-order valence-corrected chi connectivity index (χ2v) is 1.66. The zero-order chi connectivity index (χ0) is 6.57. The summed E-state index contributed by atoms with van der Waals surface area (Å²) in [5.74, 6) is -0.945. The summed E-state index contributed by atoms with van der Waals surface area (Å²) in [6.45, 7) is 1.74. The first-order valence-corrected chi connectivity index (χ1v) is 2.56. The lowest BCUT2D eigenvalue weighted by Crippen LogP contribution is -2.10. The van der Waals surface area contributed by atoms with E-state index in [2.05, 4.69) is 0 Å². The van der Waals surface area contributed by atoms with Crippen LogP contribution >= 0.6 is 0 Å². The number of carbonyl (C=O) groups is 1. The van der Waals surface area contributed by atoms with Crippen LogP contribution in [0.25, 0.3) is 0 Å². The van der Waals surface area contributed by atoms with E-state index < -0.39 is 12.1 Å². The van der Waals surface area contributed by atoms with Gasteiger partial charge in [-0.3, -0.25) is 4.79 Å². The molecule has 1 atom stereocenters. The van der Waals surface area contributed by atoms with Crippen LogP contribution in [0.1, 0.15) is 19.8 Å². The lowest BCUT2D eigenvalue weighted by molar-refractivity contribution is -0.139. The minimum Gasteiger partial charge on any atom is -0.481 e. The third kappa shape index (κ3) is 3.61. The lowest BCUT2D eigenvalue weighted by atomic mass is 10.2. The van der Waals surface area contributed by atoms with Crippen molar-refractivity contribution in [2.75, 3.05) is 0 Å². The van der Waals surface area contributed by atoms with Crippen molar-refractivity contribution in [1.29, 1.82) is 0 Å². The van der Waals surface area contributed by atoms with Crippen molar-refractivity contribution in [3.05, 3.63) is 0 Å². The lowest BCUT2D eigenvalue weighted by Gasteiger charge is -2.00. The Morgan fingerprint density at radius 1 is 1.75 bits per heavy atom. The number of carboxylic acid groups (broad SMARTS) is 1. The Morgan fingerprint density at radius 2 is 2.25 bits per heavy atom. The molecule has 0 amide bonds.